The number of H-pyrrole nitrogens is 1. The third-order valence-corrected chi connectivity index (χ3v) is 8.62. The molecule has 2 N–H and O–H groups in total. The number of imidazole rings is 1. The lowest BCUT2D eigenvalue weighted by Gasteiger charge is -2.34. The van der Waals surface area contributed by atoms with E-state index in [1.165, 1.54) is 13.2 Å². The van der Waals surface area contributed by atoms with E-state index in [2.05, 4.69) is 61.8 Å². The first-order valence-corrected chi connectivity index (χ1v) is 15.9. The number of hydrogen-bond donors (Lipinski definition) is 2. The molecule has 10 heteroatoms. The van der Waals surface area contributed by atoms with Crippen LogP contribution in [0.4, 0.5) is 4.39 Å². The summed E-state index contributed by atoms with van der Waals surface area (Å²) in [6.07, 6.45) is 1.76. The van der Waals surface area contributed by atoms with Gasteiger partial charge >= 0.3 is 0 Å². The number of nitrogens with zero attached hydrogens (tertiary/aromatic N) is 4. The molecule has 244 valence electrons. The lowest BCUT2D eigenvalue weighted by atomic mass is 9.69. The third kappa shape index (κ3) is 6.16. The average Bonchev–Trinajstić information content (AvgIpc) is 3.84. The zero-order chi connectivity index (χ0) is 33.8. The highest BCUT2D eigenvalue weighted by Crippen LogP contribution is 2.44. The first kappa shape index (κ1) is 31.4. The monoisotopic (exact) mass is 652 g/mol. The van der Waals surface area contributed by atoms with Crippen LogP contribution in [0.5, 0.6) is 5.75 Å². The van der Waals surface area contributed by atoms with E-state index in [0.29, 0.717) is 29.2 Å². The van der Waals surface area contributed by atoms with Crippen LogP contribution in [0.25, 0.3) is 0 Å². The highest BCUT2D eigenvalue weighted by atomic mass is 19.1. The summed E-state index contributed by atoms with van der Waals surface area (Å²) in [4.78, 5) is 36.5. The van der Waals surface area contributed by atoms with Gasteiger partial charge in [-0.05, 0) is 47.4 Å². The fourth-order valence-corrected chi connectivity index (χ4v) is 6.28. The van der Waals surface area contributed by atoms with E-state index in [0.717, 1.165) is 28.2 Å². The second-order valence-corrected chi connectivity index (χ2v) is 11.7. The number of amides is 1. The highest BCUT2D eigenvalue weighted by molar-refractivity contribution is 6.02. The first-order chi connectivity index (χ1) is 23.9. The molecule has 9 nitrogen and oxygen atoms in total. The number of aromatic amines is 1. The quantitative estimate of drug-likeness (QED) is 0.157. The number of aryl methyl sites for hydroxylation is 1. The Bertz CT molecular complexity index is 2020. The van der Waals surface area contributed by atoms with E-state index in [1.807, 2.05) is 54.6 Å². The van der Waals surface area contributed by atoms with Crippen LogP contribution in [0.1, 0.15) is 68.3 Å². The summed E-state index contributed by atoms with van der Waals surface area (Å²) < 4.78 is 18.9. The van der Waals surface area contributed by atoms with Gasteiger partial charge in [-0.25, -0.2) is 19.3 Å². The zero-order valence-electron chi connectivity index (χ0n) is 26.9. The number of benzene rings is 4. The van der Waals surface area contributed by atoms with E-state index < -0.39 is 23.2 Å². The van der Waals surface area contributed by atoms with Crippen molar-refractivity contribution in [3.63, 3.8) is 0 Å². The van der Waals surface area contributed by atoms with E-state index >= 15 is 0 Å². The standard InChI is InChI=1S/C39H33FN6O3/c1-25-43-31(21-33(44-25)37(47)41-23-26-18-19-30(40)35(20-26)48-2)32-22-36(49-46-32)34-24-42-38(45-34)39(27-12-6-3-7-13-27,28-14-8-4-9-15-28)29-16-10-5-11-17-29/h3-21,24,36H,22-23H2,1-2H3,(H,41,47)(H,42,45). The van der Waals surface area contributed by atoms with Crippen molar-refractivity contribution in [2.45, 2.75) is 31.4 Å². The Hall–Kier alpha value is -6.16. The van der Waals surface area contributed by atoms with Gasteiger partial charge in [0.15, 0.2) is 17.7 Å². The second kappa shape index (κ2) is 13.5. The molecule has 0 aliphatic carbocycles. The molecule has 4 aromatic carbocycles. The molecule has 1 aliphatic heterocycles. The molecule has 49 heavy (non-hydrogen) atoms. The zero-order valence-corrected chi connectivity index (χ0v) is 26.9. The number of methoxy groups -OCH3 is 1. The van der Waals surface area contributed by atoms with Crippen molar-refractivity contribution < 1.29 is 18.8 Å². The van der Waals surface area contributed by atoms with E-state index in [-0.39, 0.29) is 18.0 Å². The van der Waals surface area contributed by atoms with Crippen molar-refractivity contribution in [2.24, 2.45) is 5.16 Å². The van der Waals surface area contributed by atoms with Crippen molar-refractivity contribution in [2.75, 3.05) is 7.11 Å². The largest absolute Gasteiger partial charge is 0.494 e. The van der Waals surface area contributed by atoms with Gasteiger partial charge in [-0.1, -0.05) is 102 Å². The lowest BCUT2D eigenvalue weighted by Crippen LogP contribution is -2.32. The highest BCUT2D eigenvalue weighted by Gasteiger charge is 2.41. The molecule has 1 amide bonds. The number of rotatable bonds is 10. The minimum absolute atomic E-state index is 0.107. The first-order valence-electron chi connectivity index (χ1n) is 15.9. The van der Waals surface area contributed by atoms with Gasteiger partial charge in [-0.15, -0.1) is 0 Å². The summed E-state index contributed by atoms with van der Waals surface area (Å²) in [5.41, 5.74) is 5.19. The summed E-state index contributed by atoms with van der Waals surface area (Å²) in [6, 6.07) is 37.0. The Morgan fingerprint density at radius 2 is 1.55 bits per heavy atom. The molecule has 0 spiro atoms. The minimum Gasteiger partial charge on any atom is -0.494 e. The normalized spacial score (nSPS) is 14.2. The maximum absolute atomic E-state index is 13.8. The van der Waals surface area contributed by atoms with Gasteiger partial charge in [-0.2, -0.15) is 0 Å². The van der Waals surface area contributed by atoms with Crippen molar-refractivity contribution in [1.82, 2.24) is 25.3 Å². The van der Waals surface area contributed by atoms with Crippen LogP contribution < -0.4 is 10.1 Å². The number of aromatic nitrogens is 4. The van der Waals surface area contributed by atoms with E-state index in [9.17, 15) is 9.18 Å². The van der Waals surface area contributed by atoms with Crippen LogP contribution in [-0.2, 0) is 16.8 Å². The van der Waals surface area contributed by atoms with Crippen molar-refractivity contribution in [3.8, 4) is 5.75 Å². The van der Waals surface area contributed by atoms with Crippen molar-refractivity contribution in [3.05, 3.63) is 178 Å². The number of nitrogens with one attached hydrogen (secondary N) is 2. The van der Waals surface area contributed by atoms with Gasteiger partial charge in [0.2, 0.25) is 0 Å². The van der Waals surface area contributed by atoms with Gasteiger partial charge in [0.1, 0.15) is 28.5 Å². The molecule has 1 atom stereocenters. The molecule has 1 unspecified atom stereocenters. The Balaban J connectivity index is 1.15. The molecule has 0 saturated heterocycles. The average molecular weight is 653 g/mol. The molecule has 2 aromatic heterocycles. The molecule has 1 aliphatic rings. The SMILES string of the molecule is COc1cc(CNC(=O)c2cc(C3=NOC(c4cnc(C(c5ccccc5)(c5ccccc5)c5ccccc5)[nH]4)C3)nc(C)n2)ccc1F. The molecule has 3 heterocycles. The Kier molecular flexibility index (Phi) is 8.68. The Morgan fingerprint density at radius 3 is 2.16 bits per heavy atom. The number of hydrogen-bond acceptors (Lipinski definition) is 7. The molecule has 0 bridgehead atoms. The predicted octanol–water partition coefficient (Wildman–Crippen LogP) is 6.83. The van der Waals surface area contributed by atoms with Crippen molar-refractivity contribution >= 4 is 11.6 Å². The molecule has 6 aromatic rings. The van der Waals surface area contributed by atoms with Crippen molar-refractivity contribution in [1.29, 1.82) is 0 Å². The lowest BCUT2D eigenvalue weighted by molar-refractivity contribution is 0.0827. The van der Waals surface area contributed by atoms with Crippen LogP contribution in [0, 0.1) is 12.7 Å². The van der Waals surface area contributed by atoms with Crippen LogP contribution in [0.15, 0.2) is 127 Å². The Morgan fingerprint density at radius 1 is 0.918 bits per heavy atom. The molecular weight excluding hydrogens is 619 g/mol. The summed E-state index contributed by atoms with van der Waals surface area (Å²) in [5, 5.41) is 7.20. The molecule has 7 rings (SSSR count). The van der Waals surface area contributed by atoms with Gasteiger partial charge in [0, 0.05) is 13.0 Å². The van der Waals surface area contributed by atoms with Crippen LogP contribution in [-0.4, -0.2) is 38.7 Å². The Labute approximate surface area is 282 Å². The fourth-order valence-electron chi connectivity index (χ4n) is 6.28. The molecular formula is C39H33FN6O3. The topological polar surface area (TPSA) is 114 Å². The van der Waals surface area contributed by atoms with Crippen LogP contribution in [0.2, 0.25) is 0 Å². The van der Waals surface area contributed by atoms with Gasteiger partial charge in [-0.3, -0.25) is 4.79 Å². The molecule has 0 fully saturated rings. The number of halogens is 1. The number of carbonyl (C=O) groups excluding carboxylic acids is 1. The third-order valence-electron chi connectivity index (χ3n) is 8.62. The summed E-state index contributed by atoms with van der Waals surface area (Å²) in [6.45, 7) is 1.88. The minimum atomic E-state index is -0.727. The van der Waals surface area contributed by atoms with Gasteiger partial charge in [0.25, 0.3) is 5.91 Å². The number of carbonyl (C=O) groups is 1. The van der Waals surface area contributed by atoms with Gasteiger partial charge < -0.3 is 19.9 Å². The second-order valence-electron chi connectivity index (χ2n) is 11.7. The van der Waals surface area contributed by atoms with E-state index in [1.54, 1.807) is 31.3 Å². The van der Waals surface area contributed by atoms with Crippen LogP contribution >= 0.6 is 0 Å². The smallest absolute Gasteiger partial charge is 0.270 e. The maximum Gasteiger partial charge on any atom is 0.270 e. The van der Waals surface area contributed by atoms with Crippen LogP contribution in [0.3, 0.4) is 0 Å². The summed E-state index contributed by atoms with van der Waals surface area (Å²) in [5.74, 6) is 0.401. The number of oxime groups is 1. The maximum atomic E-state index is 13.8. The number of ether oxygens (including phenoxy) is 1. The summed E-state index contributed by atoms with van der Waals surface area (Å²) >= 11 is 0. The fraction of sp³-hybridized carbons (Fsp3) is 0.154. The summed E-state index contributed by atoms with van der Waals surface area (Å²) in [7, 11) is 1.39. The molecule has 0 saturated carbocycles. The molecule has 0 radical (unpaired) electrons. The predicted molar refractivity (Wildman–Crippen MR) is 183 cm³/mol. The van der Waals surface area contributed by atoms with E-state index in [4.69, 9.17) is 14.6 Å². The van der Waals surface area contributed by atoms with Gasteiger partial charge in [0.05, 0.1) is 24.7 Å².